The number of anilines is 2. The average molecular weight is 401 g/mol. The number of rotatable bonds is 4. The van der Waals surface area contributed by atoms with Crippen molar-refractivity contribution < 1.29 is 18.7 Å². The number of nitriles is 1. The lowest BCUT2D eigenvalue weighted by Gasteiger charge is -2.33. The molecule has 0 saturated carbocycles. The molecule has 1 aliphatic heterocycles. The maximum atomic E-state index is 13.3. The van der Waals surface area contributed by atoms with Gasteiger partial charge in [-0.15, -0.1) is 11.3 Å². The Morgan fingerprint density at radius 2 is 2.04 bits per heavy atom. The van der Waals surface area contributed by atoms with E-state index in [9.17, 15) is 19.2 Å². The molecule has 0 radical (unpaired) electrons. The van der Waals surface area contributed by atoms with Gasteiger partial charge in [0.15, 0.2) is 0 Å². The van der Waals surface area contributed by atoms with Crippen molar-refractivity contribution >= 4 is 33.9 Å². The number of nitrogens with one attached hydrogen (secondary N) is 1. The molecule has 1 N–H and O–H groups in total. The SMILES string of the molecule is COC(=O)c1cc(NC(=O)C2CCN(c3ccc(F)cc3C#N)CC2)sc1C. The number of methoxy groups -OCH3 is 1. The van der Waals surface area contributed by atoms with Crippen LogP contribution in [0.5, 0.6) is 0 Å². The maximum Gasteiger partial charge on any atom is 0.339 e. The number of hydrogen-bond acceptors (Lipinski definition) is 6. The largest absolute Gasteiger partial charge is 0.465 e. The van der Waals surface area contributed by atoms with Gasteiger partial charge in [-0.05, 0) is 44.0 Å². The highest BCUT2D eigenvalue weighted by Gasteiger charge is 2.27. The van der Waals surface area contributed by atoms with Crippen molar-refractivity contribution in [3.8, 4) is 6.07 Å². The van der Waals surface area contributed by atoms with Crippen molar-refractivity contribution in [3.05, 3.63) is 46.1 Å². The second-order valence-corrected chi connectivity index (χ2v) is 7.85. The summed E-state index contributed by atoms with van der Waals surface area (Å²) in [6.45, 7) is 3.02. The third-order valence-electron chi connectivity index (χ3n) is 4.85. The van der Waals surface area contributed by atoms with E-state index in [2.05, 4.69) is 5.32 Å². The van der Waals surface area contributed by atoms with Gasteiger partial charge in [0.25, 0.3) is 0 Å². The van der Waals surface area contributed by atoms with E-state index in [-0.39, 0.29) is 11.8 Å². The van der Waals surface area contributed by atoms with Gasteiger partial charge in [0.1, 0.15) is 11.9 Å². The van der Waals surface area contributed by atoms with Crippen LogP contribution in [0.2, 0.25) is 0 Å². The number of hydrogen-bond donors (Lipinski definition) is 1. The molecule has 1 aliphatic rings. The number of thiophene rings is 1. The first-order valence-corrected chi connectivity index (χ1v) is 9.68. The van der Waals surface area contributed by atoms with Crippen LogP contribution in [-0.2, 0) is 9.53 Å². The fraction of sp³-hybridized carbons (Fsp3) is 0.350. The van der Waals surface area contributed by atoms with E-state index in [1.807, 2.05) is 11.0 Å². The molecule has 2 heterocycles. The molecule has 6 nitrogen and oxygen atoms in total. The zero-order valence-electron chi connectivity index (χ0n) is 15.6. The second kappa shape index (κ2) is 8.40. The molecular weight excluding hydrogens is 381 g/mol. The van der Waals surface area contributed by atoms with E-state index in [1.54, 1.807) is 19.1 Å². The number of nitrogens with zero attached hydrogens (tertiary/aromatic N) is 2. The Labute approximate surface area is 166 Å². The number of carbonyl (C=O) groups is 2. The number of amides is 1. The Hall–Kier alpha value is -2.92. The molecule has 28 heavy (non-hydrogen) atoms. The molecule has 8 heteroatoms. The van der Waals surface area contributed by atoms with E-state index in [0.717, 1.165) is 4.88 Å². The molecule has 1 aromatic carbocycles. The lowest BCUT2D eigenvalue weighted by Crippen LogP contribution is -2.38. The fourth-order valence-electron chi connectivity index (χ4n) is 3.34. The Morgan fingerprint density at radius 1 is 1.32 bits per heavy atom. The van der Waals surface area contributed by atoms with Crippen LogP contribution in [0.4, 0.5) is 15.1 Å². The van der Waals surface area contributed by atoms with Gasteiger partial charge in [-0.2, -0.15) is 5.26 Å². The summed E-state index contributed by atoms with van der Waals surface area (Å²) in [7, 11) is 1.32. The molecule has 1 aromatic heterocycles. The minimum absolute atomic E-state index is 0.0862. The van der Waals surface area contributed by atoms with Gasteiger partial charge in [0.2, 0.25) is 5.91 Å². The third kappa shape index (κ3) is 4.15. The van der Waals surface area contributed by atoms with Crippen LogP contribution in [0, 0.1) is 30.0 Å². The first-order chi connectivity index (χ1) is 13.4. The lowest BCUT2D eigenvalue weighted by atomic mass is 9.95. The number of halogens is 1. The Morgan fingerprint density at radius 3 is 2.68 bits per heavy atom. The van der Waals surface area contributed by atoms with E-state index in [4.69, 9.17) is 4.74 Å². The molecule has 0 aliphatic carbocycles. The Bertz CT molecular complexity index is 943. The number of esters is 1. The van der Waals surface area contributed by atoms with Crippen LogP contribution in [-0.4, -0.2) is 32.1 Å². The minimum atomic E-state index is -0.438. The molecule has 0 spiro atoms. The smallest absolute Gasteiger partial charge is 0.339 e. The molecule has 1 saturated heterocycles. The first kappa shape index (κ1) is 19.8. The minimum Gasteiger partial charge on any atom is -0.465 e. The van der Waals surface area contributed by atoms with Gasteiger partial charge in [-0.3, -0.25) is 4.79 Å². The second-order valence-electron chi connectivity index (χ2n) is 6.60. The van der Waals surface area contributed by atoms with Gasteiger partial charge < -0.3 is 15.0 Å². The highest BCUT2D eigenvalue weighted by molar-refractivity contribution is 7.16. The summed E-state index contributed by atoms with van der Waals surface area (Å²) >= 11 is 1.34. The van der Waals surface area contributed by atoms with Crippen LogP contribution in [0.25, 0.3) is 0 Å². The van der Waals surface area contributed by atoms with Gasteiger partial charge in [0, 0.05) is 23.9 Å². The molecule has 0 bridgehead atoms. The predicted octanol–water partition coefficient (Wildman–Crippen LogP) is 3.71. The molecule has 1 amide bonds. The quantitative estimate of drug-likeness (QED) is 0.790. The zero-order valence-corrected chi connectivity index (χ0v) is 16.4. The summed E-state index contributed by atoms with van der Waals surface area (Å²) < 4.78 is 18.1. The van der Waals surface area contributed by atoms with Crippen molar-refractivity contribution in [2.24, 2.45) is 5.92 Å². The van der Waals surface area contributed by atoms with Crippen LogP contribution in [0.1, 0.15) is 33.6 Å². The van der Waals surface area contributed by atoms with Crippen molar-refractivity contribution in [2.45, 2.75) is 19.8 Å². The number of aryl methyl sites for hydroxylation is 1. The third-order valence-corrected chi connectivity index (χ3v) is 5.82. The van der Waals surface area contributed by atoms with Crippen LogP contribution in [0.15, 0.2) is 24.3 Å². The summed E-state index contributed by atoms with van der Waals surface area (Å²) in [5, 5.41) is 12.7. The summed E-state index contributed by atoms with van der Waals surface area (Å²) in [5.41, 5.74) is 1.45. The first-order valence-electron chi connectivity index (χ1n) is 8.87. The number of ether oxygens (including phenoxy) is 1. The molecule has 1 fully saturated rings. The normalized spacial score (nSPS) is 14.4. The Kier molecular flexibility index (Phi) is 5.95. The molecule has 146 valence electrons. The lowest BCUT2D eigenvalue weighted by molar-refractivity contribution is -0.120. The summed E-state index contributed by atoms with van der Waals surface area (Å²) in [4.78, 5) is 27.1. The molecule has 2 aromatic rings. The fourth-order valence-corrected chi connectivity index (χ4v) is 4.25. The van der Waals surface area contributed by atoms with E-state index in [0.29, 0.717) is 47.7 Å². The molecule has 0 atom stereocenters. The predicted molar refractivity (Wildman–Crippen MR) is 105 cm³/mol. The van der Waals surface area contributed by atoms with Gasteiger partial charge >= 0.3 is 5.97 Å². The molecular formula is C20H20FN3O3S. The Balaban J connectivity index is 1.62. The molecule has 0 unspecified atom stereocenters. The van der Waals surface area contributed by atoms with Crippen LogP contribution in [0.3, 0.4) is 0 Å². The van der Waals surface area contributed by atoms with E-state index < -0.39 is 11.8 Å². The number of benzene rings is 1. The highest BCUT2D eigenvalue weighted by Crippen LogP contribution is 2.30. The number of piperidine rings is 1. The maximum absolute atomic E-state index is 13.3. The number of carbonyl (C=O) groups excluding carboxylic acids is 2. The summed E-state index contributed by atoms with van der Waals surface area (Å²) in [5.74, 6) is -1.11. The van der Waals surface area contributed by atoms with Crippen molar-refractivity contribution in [2.75, 3.05) is 30.4 Å². The highest BCUT2D eigenvalue weighted by atomic mass is 32.1. The standard InChI is InChI=1S/C20H20FN3O3S/c1-12-16(20(26)27-2)10-18(28-12)23-19(25)13-5-7-24(8-6-13)17-4-3-15(21)9-14(17)11-22/h3-4,9-10,13H,5-8H2,1-2H3,(H,23,25). The monoisotopic (exact) mass is 401 g/mol. The van der Waals surface area contributed by atoms with Crippen molar-refractivity contribution in [3.63, 3.8) is 0 Å². The average Bonchev–Trinajstić information content (AvgIpc) is 3.07. The van der Waals surface area contributed by atoms with Crippen LogP contribution < -0.4 is 10.2 Å². The van der Waals surface area contributed by atoms with Gasteiger partial charge in [-0.1, -0.05) is 0 Å². The molecule has 3 rings (SSSR count). The summed E-state index contributed by atoms with van der Waals surface area (Å²) in [6.07, 6.45) is 1.25. The van der Waals surface area contributed by atoms with Crippen molar-refractivity contribution in [1.29, 1.82) is 5.26 Å². The van der Waals surface area contributed by atoms with Gasteiger partial charge in [-0.25, -0.2) is 9.18 Å². The van der Waals surface area contributed by atoms with Crippen molar-refractivity contribution in [1.82, 2.24) is 0 Å². The topological polar surface area (TPSA) is 82.4 Å². The van der Waals surface area contributed by atoms with Gasteiger partial charge in [0.05, 0.1) is 28.9 Å². The summed E-state index contributed by atoms with van der Waals surface area (Å²) in [6, 6.07) is 7.84. The zero-order chi connectivity index (χ0) is 20.3. The van der Waals surface area contributed by atoms with E-state index >= 15 is 0 Å². The van der Waals surface area contributed by atoms with Crippen LogP contribution >= 0.6 is 11.3 Å². The van der Waals surface area contributed by atoms with E-state index in [1.165, 1.54) is 30.6 Å².